The Bertz CT molecular complexity index is 2260. The van der Waals surface area contributed by atoms with Crippen LogP contribution < -0.4 is 18.9 Å². The van der Waals surface area contributed by atoms with E-state index in [4.69, 9.17) is 0 Å². The largest absolute Gasteiger partial charge is 1.00 e. The van der Waals surface area contributed by atoms with Gasteiger partial charge >= 0.3 is 18.9 Å². The van der Waals surface area contributed by atoms with Crippen molar-refractivity contribution in [3.05, 3.63) is 200 Å². The fourth-order valence-corrected chi connectivity index (χ4v) is 7.69. The summed E-state index contributed by atoms with van der Waals surface area (Å²) in [4.78, 5) is 12.0. The van der Waals surface area contributed by atoms with Crippen LogP contribution in [0.5, 0.6) is 0 Å². The standard InChI is InChI=1S/C23H21BrO.C13H7BrO.C10H13Br.C4H9.CH3.Li/c1-22(2,3)15-8-10-16(11-9-15)23(25)20-7-5-4-6-18(20)19-13-12-17(24)14-21(19)23;14-8-5-6-10-9-3-1-2-4-11(9)13(15)12(10)7-8;1-10(2,3)8-4-6-9(11)7-5-8;1-3-4-2;;/h4-14,25H,1-3H3;1-7H;4-7H,1-3H3;1,3-4H2,2H3;1H3;/q;;;2*-1;+1. The molecule has 6 aromatic rings. The zero-order valence-electron chi connectivity index (χ0n) is 34.8. The van der Waals surface area contributed by atoms with Crippen molar-refractivity contribution in [2.24, 2.45) is 0 Å². The molecule has 292 valence electrons. The Labute approximate surface area is 379 Å². The number of benzene rings is 6. The molecular formula is C51H53Br3LiO2-. The van der Waals surface area contributed by atoms with Gasteiger partial charge in [0, 0.05) is 35.7 Å². The minimum Gasteiger partial charge on any atom is -0.376 e. The van der Waals surface area contributed by atoms with E-state index in [1.807, 2.05) is 72.8 Å². The van der Waals surface area contributed by atoms with Crippen molar-refractivity contribution >= 4 is 53.6 Å². The van der Waals surface area contributed by atoms with Crippen LogP contribution in [0.1, 0.15) is 105 Å². The molecule has 0 amide bonds. The Morgan fingerprint density at radius 3 is 1.47 bits per heavy atom. The van der Waals surface area contributed by atoms with Gasteiger partial charge in [-0.15, -0.1) is 0 Å². The molecule has 0 heterocycles. The van der Waals surface area contributed by atoms with Gasteiger partial charge in [-0.25, -0.2) is 0 Å². The van der Waals surface area contributed by atoms with E-state index < -0.39 is 5.60 Å². The molecule has 0 saturated heterocycles. The molecule has 2 aliphatic rings. The third kappa shape index (κ3) is 11.0. The molecule has 0 aromatic heterocycles. The molecule has 2 nitrogen and oxygen atoms in total. The maximum absolute atomic E-state index is 12.0. The van der Waals surface area contributed by atoms with E-state index in [0.717, 1.165) is 69.9 Å². The molecule has 57 heavy (non-hydrogen) atoms. The molecule has 6 aromatic carbocycles. The average molecular weight is 945 g/mol. The van der Waals surface area contributed by atoms with Crippen molar-refractivity contribution in [3.8, 4) is 22.3 Å². The van der Waals surface area contributed by atoms with Gasteiger partial charge in [0.15, 0.2) is 5.78 Å². The molecule has 0 radical (unpaired) electrons. The Morgan fingerprint density at radius 1 is 0.544 bits per heavy atom. The smallest absolute Gasteiger partial charge is 0.376 e. The monoisotopic (exact) mass is 941 g/mol. The second-order valence-electron chi connectivity index (χ2n) is 15.9. The van der Waals surface area contributed by atoms with Crippen molar-refractivity contribution in [2.45, 2.75) is 77.7 Å². The van der Waals surface area contributed by atoms with E-state index in [1.165, 1.54) is 17.5 Å². The maximum atomic E-state index is 12.0. The van der Waals surface area contributed by atoms with E-state index in [9.17, 15) is 9.90 Å². The summed E-state index contributed by atoms with van der Waals surface area (Å²) in [6, 6.07) is 44.7. The number of carbonyl (C=O) groups excluding carboxylic acids is 1. The van der Waals surface area contributed by atoms with Gasteiger partial charge in [-0.1, -0.05) is 200 Å². The zero-order chi connectivity index (χ0) is 40.1. The topological polar surface area (TPSA) is 37.3 Å². The van der Waals surface area contributed by atoms with Gasteiger partial charge < -0.3 is 19.5 Å². The van der Waals surface area contributed by atoms with Crippen LogP contribution in [0.15, 0.2) is 147 Å². The Kier molecular flexibility index (Phi) is 17.2. The first-order valence-electron chi connectivity index (χ1n) is 18.7. The summed E-state index contributed by atoms with van der Waals surface area (Å²) in [6.07, 6.45) is 2.28. The first-order valence-corrected chi connectivity index (χ1v) is 21.1. The van der Waals surface area contributed by atoms with Crippen LogP contribution in [0.4, 0.5) is 0 Å². The van der Waals surface area contributed by atoms with Gasteiger partial charge in [0.25, 0.3) is 0 Å². The Hall–Kier alpha value is -3.01. The minimum absolute atomic E-state index is 0. The molecule has 1 atom stereocenters. The number of fused-ring (bicyclic) bond motifs is 6. The van der Waals surface area contributed by atoms with Gasteiger partial charge in [-0.3, -0.25) is 4.79 Å². The molecule has 0 saturated carbocycles. The Morgan fingerprint density at radius 2 is 0.947 bits per heavy atom. The van der Waals surface area contributed by atoms with Crippen LogP contribution in [0.3, 0.4) is 0 Å². The molecule has 0 aliphatic heterocycles. The normalized spacial score (nSPS) is 14.3. The zero-order valence-corrected chi connectivity index (χ0v) is 39.6. The number of carbonyl (C=O) groups is 1. The molecule has 2 aliphatic carbocycles. The summed E-state index contributed by atoms with van der Waals surface area (Å²) in [5.41, 5.74) is 10.6. The second kappa shape index (κ2) is 20.3. The van der Waals surface area contributed by atoms with E-state index >= 15 is 0 Å². The summed E-state index contributed by atoms with van der Waals surface area (Å²) >= 11 is 10.4. The van der Waals surface area contributed by atoms with Crippen LogP contribution in [0, 0.1) is 14.4 Å². The summed E-state index contributed by atoms with van der Waals surface area (Å²) in [5, 5.41) is 11.9. The third-order valence-electron chi connectivity index (χ3n) is 9.90. The van der Waals surface area contributed by atoms with Crippen molar-refractivity contribution < 1.29 is 28.8 Å². The Balaban J connectivity index is 0.000000232. The van der Waals surface area contributed by atoms with Crippen LogP contribution in [-0.2, 0) is 16.4 Å². The fraction of sp³-hybridized carbons (Fsp3) is 0.235. The summed E-state index contributed by atoms with van der Waals surface area (Å²) in [7, 11) is 0. The van der Waals surface area contributed by atoms with Crippen molar-refractivity contribution in [2.75, 3.05) is 0 Å². The van der Waals surface area contributed by atoms with Crippen LogP contribution >= 0.6 is 47.8 Å². The molecule has 1 unspecified atom stereocenters. The molecular weight excluding hydrogens is 891 g/mol. The molecule has 8 rings (SSSR count). The summed E-state index contributed by atoms with van der Waals surface area (Å²) in [5.74, 6) is 0.127. The quantitative estimate of drug-likeness (QED) is 0.139. The minimum atomic E-state index is -1.12. The van der Waals surface area contributed by atoms with E-state index in [2.05, 4.69) is 164 Å². The first kappa shape index (κ1) is 48.4. The van der Waals surface area contributed by atoms with Crippen LogP contribution in [0.2, 0.25) is 0 Å². The number of halogens is 3. The first-order chi connectivity index (χ1) is 26.0. The molecule has 1 N–H and O–H groups in total. The third-order valence-corrected chi connectivity index (χ3v) is 11.4. The second-order valence-corrected chi connectivity index (χ2v) is 18.7. The predicted octanol–water partition coefficient (Wildman–Crippen LogP) is 12.5. The molecule has 0 spiro atoms. The number of ketones is 1. The number of aliphatic hydroxyl groups is 1. The van der Waals surface area contributed by atoms with Gasteiger partial charge in [0.2, 0.25) is 0 Å². The van der Waals surface area contributed by atoms with Gasteiger partial charge in [-0.2, -0.15) is 6.42 Å². The predicted molar refractivity (Wildman–Crippen MR) is 249 cm³/mol. The molecule has 0 bridgehead atoms. The van der Waals surface area contributed by atoms with Gasteiger partial charge in [0.1, 0.15) is 5.60 Å². The summed E-state index contributed by atoms with van der Waals surface area (Å²) in [6.45, 7) is 19.0. The van der Waals surface area contributed by atoms with Crippen LogP contribution in [0.25, 0.3) is 22.3 Å². The van der Waals surface area contributed by atoms with Crippen molar-refractivity contribution in [1.29, 1.82) is 0 Å². The number of unbranched alkanes of at least 4 members (excludes halogenated alkanes) is 1. The summed E-state index contributed by atoms with van der Waals surface area (Å²) < 4.78 is 3.07. The molecule has 6 heteroatoms. The number of rotatable bonds is 2. The van der Waals surface area contributed by atoms with Crippen LogP contribution in [-0.4, -0.2) is 10.9 Å². The van der Waals surface area contributed by atoms with E-state index in [1.54, 1.807) is 0 Å². The van der Waals surface area contributed by atoms with Gasteiger partial charge in [-0.05, 0) is 86.2 Å². The van der Waals surface area contributed by atoms with E-state index in [0.29, 0.717) is 0 Å². The van der Waals surface area contributed by atoms with Crippen molar-refractivity contribution in [3.63, 3.8) is 0 Å². The van der Waals surface area contributed by atoms with Gasteiger partial charge in [0.05, 0.1) is 0 Å². The average Bonchev–Trinajstić information content (AvgIpc) is 3.59. The maximum Gasteiger partial charge on any atom is 1.00 e. The number of hydrogen-bond donors (Lipinski definition) is 1. The van der Waals surface area contributed by atoms with Crippen molar-refractivity contribution in [1.82, 2.24) is 0 Å². The fourth-order valence-electron chi connectivity index (χ4n) is 6.70. The SMILES string of the molecule is CC(C)(C)c1ccc(Br)cc1.CC(C)(C)c1ccc(C2(O)c3ccccc3-c3ccc(Br)cc32)cc1.O=C1c2ccccc2-c2ccc(Br)cc21.[CH2-]CCC.[CH3-].[Li+]. The van der Waals surface area contributed by atoms with E-state index in [-0.39, 0.29) is 42.9 Å². The number of hydrogen-bond acceptors (Lipinski definition) is 2. The molecule has 0 fully saturated rings.